The van der Waals surface area contributed by atoms with E-state index in [1.54, 1.807) is 36.4 Å². The van der Waals surface area contributed by atoms with Crippen molar-refractivity contribution in [1.82, 2.24) is 5.32 Å². The SMILES string of the molecule is O=C(C=CNCC(=O)c1ccccc1)c1ccc(Cl)c(Cl)c1. The molecule has 0 radical (unpaired) electrons. The van der Waals surface area contributed by atoms with Crippen molar-refractivity contribution >= 4 is 34.8 Å². The molecule has 2 aromatic rings. The summed E-state index contributed by atoms with van der Waals surface area (Å²) in [5.74, 6) is -0.273. The maximum absolute atomic E-state index is 11.9. The summed E-state index contributed by atoms with van der Waals surface area (Å²) in [7, 11) is 0. The smallest absolute Gasteiger partial charge is 0.187 e. The average molecular weight is 334 g/mol. The number of carbonyl (C=O) groups is 2. The summed E-state index contributed by atoms with van der Waals surface area (Å²) >= 11 is 11.7. The molecule has 0 heterocycles. The summed E-state index contributed by atoms with van der Waals surface area (Å²) < 4.78 is 0. The standard InChI is InChI=1S/C17H13Cl2NO2/c18-14-7-6-13(10-15(14)19)16(21)8-9-20-11-17(22)12-4-2-1-3-5-12/h1-10,20H,11H2. The van der Waals surface area contributed by atoms with Crippen LogP contribution in [0.2, 0.25) is 10.0 Å². The molecule has 0 bridgehead atoms. The first kappa shape index (κ1) is 16.3. The molecule has 0 fully saturated rings. The zero-order chi connectivity index (χ0) is 15.9. The molecule has 0 amide bonds. The summed E-state index contributed by atoms with van der Waals surface area (Å²) in [5.41, 5.74) is 1.06. The molecular formula is C17H13Cl2NO2. The number of benzene rings is 2. The largest absolute Gasteiger partial charge is 0.383 e. The highest BCUT2D eigenvalue weighted by Crippen LogP contribution is 2.22. The number of hydrogen-bond donors (Lipinski definition) is 1. The molecule has 0 unspecified atom stereocenters. The van der Waals surface area contributed by atoms with Gasteiger partial charge >= 0.3 is 0 Å². The number of carbonyl (C=O) groups excluding carboxylic acids is 2. The third-order valence-corrected chi connectivity index (χ3v) is 3.65. The number of halogens is 2. The summed E-state index contributed by atoms with van der Waals surface area (Å²) in [4.78, 5) is 23.7. The Labute approximate surface area is 138 Å². The van der Waals surface area contributed by atoms with Crippen LogP contribution >= 0.6 is 23.2 Å². The molecule has 0 saturated carbocycles. The van der Waals surface area contributed by atoms with Crippen molar-refractivity contribution in [1.29, 1.82) is 0 Å². The first-order chi connectivity index (χ1) is 10.6. The van der Waals surface area contributed by atoms with Crippen LogP contribution < -0.4 is 5.32 Å². The van der Waals surface area contributed by atoms with Crippen LogP contribution in [0.4, 0.5) is 0 Å². The number of ketones is 2. The lowest BCUT2D eigenvalue weighted by Crippen LogP contribution is -2.18. The Morgan fingerprint density at radius 3 is 2.36 bits per heavy atom. The summed E-state index contributed by atoms with van der Waals surface area (Å²) in [6, 6.07) is 13.6. The molecular weight excluding hydrogens is 321 g/mol. The molecule has 0 aliphatic rings. The average Bonchev–Trinajstić information content (AvgIpc) is 2.54. The fourth-order valence-corrected chi connectivity index (χ4v) is 2.06. The van der Waals surface area contributed by atoms with E-state index >= 15 is 0 Å². The molecule has 2 aromatic carbocycles. The Morgan fingerprint density at radius 2 is 1.68 bits per heavy atom. The molecule has 22 heavy (non-hydrogen) atoms. The Hall–Kier alpha value is -2.10. The van der Waals surface area contributed by atoms with Crippen LogP contribution in [0.25, 0.3) is 0 Å². The number of allylic oxidation sites excluding steroid dienone is 1. The number of nitrogens with one attached hydrogen (secondary N) is 1. The van der Waals surface area contributed by atoms with E-state index in [9.17, 15) is 9.59 Å². The van der Waals surface area contributed by atoms with Gasteiger partial charge in [0.15, 0.2) is 11.6 Å². The van der Waals surface area contributed by atoms with Crippen molar-refractivity contribution in [2.24, 2.45) is 0 Å². The number of rotatable bonds is 6. The van der Waals surface area contributed by atoms with E-state index in [0.717, 1.165) is 0 Å². The third kappa shape index (κ3) is 4.45. The first-order valence-corrected chi connectivity index (χ1v) is 7.31. The van der Waals surface area contributed by atoms with Crippen LogP contribution in [0, 0.1) is 0 Å². The quantitative estimate of drug-likeness (QED) is 0.637. The van der Waals surface area contributed by atoms with Gasteiger partial charge in [0.25, 0.3) is 0 Å². The van der Waals surface area contributed by atoms with Crippen molar-refractivity contribution in [2.45, 2.75) is 0 Å². The van der Waals surface area contributed by atoms with Gasteiger partial charge in [-0.3, -0.25) is 9.59 Å². The Morgan fingerprint density at radius 1 is 0.955 bits per heavy atom. The lowest BCUT2D eigenvalue weighted by molar-refractivity contribution is 0.0992. The Bertz CT molecular complexity index is 712. The fraction of sp³-hybridized carbons (Fsp3) is 0.0588. The van der Waals surface area contributed by atoms with Crippen LogP contribution in [0.3, 0.4) is 0 Å². The van der Waals surface area contributed by atoms with Gasteiger partial charge in [0.05, 0.1) is 16.6 Å². The number of hydrogen-bond acceptors (Lipinski definition) is 3. The van der Waals surface area contributed by atoms with E-state index in [2.05, 4.69) is 5.32 Å². The van der Waals surface area contributed by atoms with Crippen LogP contribution in [-0.4, -0.2) is 18.1 Å². The molecule has 0 aliphatic carbocycles. The van der Waals surface area contributed by atoms with Gasteiger partial charge in [0.1, 0.15) is 0 Å². The minimum Gasteiger partial charge on any atom is -0.383 e. The number of Topliss-reactive ketones (excluding diaryl/α,β-unsaturated/α-hetero) is 1. The van der Waals surface area contributed by atoms with E-state index in [1.807, 2.05) is 6.07 Å². The highest BCUT2D eigenvalue weighted by molar-refractivity contribution is 6.42. The molecule has 0 aliphatic heterocycles. The van der Waals surface area contributed by atoms with Gasteiger partial charge in [-0.25, -0.2) is 0 Å². The molecule has 3 nitrogen and oxygen atoms in total. The van der Waals surface area contributed by atoms with Crippen molar-refractivity contribution in [3.63, 3.8) is 0 Å². The molecule has 0 saturated heterocycles. The molecule has 0 aromatic heterocycles. The van der Waals surface area contributed by atoms with Gasteiger partial charge in [-0.05, 0) is 18.2 Å². The van der Waals surface area contributed by atoms with Gasteiger partial charge in [0, 0.05) is 23.4 Å². The zero-order valence-electron chi connectivity index (χ0n) is 11.6. The van der Waals surface area contributed by atoms with Gasteiger partial charge in [-0.1, -0.05) is 53.5 Å². The van der Waals surface area contributed by atoms with Gasteiger partial charge in [-0.2, -0.15) is 0 Å². The first-order valence-electron chi connectivity index (χ1n) is 6.55. The third-order valence-electron chi connectivity index (χ3n) is 2.92. The highest BCUT2D eigenvalue weighted by atomic mass is 35.5. The predicted octanol–water partition coefficient (Wildman–Crippen LogP) is 4.16. The highest BCUT2D eigenvalue weighted by Gasteiger charge is 2.05. The summed E-state index contributed by atoms with van der Waals surface area (Å²) in [5, 5.41) is 3.52. The lowest BCUT2D eigenvalue weighted by Gasteiger charge is -2.01. The minimum atomic E-state index is -0.224. The molecule has 0 spiro atoms. The van der Waals surface area contributed by atoms with Crippen LogP contribution in [-0.2, 0) is 0 Å². The van der Waals surface area contributed by atoms with Crippen molar-refractivity contribution in [2.75, 3.05) is 6.54 Å². The maximum atomic E-state index is 11.9. The zero-order valence-corrected chi connectivity index (χ0v) is 13.1. The van der Waals surface area contributed by atoms with Crippen LogP contribution in [0.5, 0.6) is 0 Å². The normalized spacial score (nSPS) is 10.6. The van der Waals surface area contributed by atoms with Gasteiger partial charge in [0.2, 0.25) is 0 Å². The molecule has 5 heteroatoms. The lowest BCUT2D eigenvalue weighted by atomic mass is 10.1. The topological polar surface area (TPSA) is 46.2 Å². The van der Waals surface area contributed by atoms with Crippen molar-refractivity contribution in [3.05, 3.63) is 82.0 Å². The predicted molar refractivity (Wildman–Crippen MR) is 88.7 cm³/mol. The maximum Gasteiger partial charge on any atom is 0.187 e. The Kier molecular flexibility index (Phi) is 5.75. The summed E-state index contributed by atoms with van der Waals surface area (Å²) in [6.45, 7) is 0.120. The van der Waals surface area contributed by atoms with Gasteiger partial charge in [-0.15, -0.1) is 0 Å². The summed E-state index contributed by atoms with van der Waals surface area (Å²) in [6.07, 6.45) is 2.80. The monoisotopic (exact) mass is 333 g/mol. The Balaban J connectivity index is 1.88. The molecule has 2 rings (SSSR count). The van der Waals surface area contributed by atoms with E-state index in [4.69, 9.17) is 23.2 Å². The minimum absolute atomic E-state index is 0.0489. The van der Waals surface area contributed by atoms with E-state index in [1.165, 1.54) is 18.3 Å². The van der Waals surface area contributed by atoms with E-state index < -0.39 is 0 Å². The molecule has 0 atom stereocenters. The van der Waals surface area contributed by atoms with E-state index in [0.29, 0.717) is 21.2 Å². The van der Waals surface area contributed by atoms with Crippen molar-refractivity contribution in [3.8, 4) is 0 Å². The second kappa shape index (κ2) is 7.78. The van der Waals surface area contributed by atoms with Gasteiger partial charge < -0.3 is 5.32 Å². The second-order valence-electron chi connectivity index (χ2n) is 4.50. The second-order valence-corrected chi connectivity index (χ2v) is 5.31. The van der Waals surface area contributed by atoms with Crippen LogP contribution in [0.1, 0.15) is 20.7 Å². The fourth-order valence-electron chi connectivity index (χ4n) is 1.76. The van der Waals surface area contributed by atoms with Crippen LogP contribution in [0.15, 0.2) is 60.8 Å². The van der Waals surface area contributed by atoms with E-state index in [-0.39, 0.29) is 18.1 Å². The molecule has 1 N–H and O–H groups in total. The van der Waals surface area contributed by atoms with Crippen molar-refractivity contribution < 1.29 is 9.59 Å². The molecule has 112 valence electrons.